The molecule has 2 amide bonds. The number of amides is 2. The van der Waals surface area contributed by atoms with Gasteiger partial charge in [-0.25, -0.2) is 0 Å². The number of hydrogen-bond donors (Lipinski definition) is 3. The van der Waals surface area contributed by atoms with Gasteiger partial charge in [-0.3, -0.25) is 9.59 Å². The quantitative estimate of drug-likeness (QED) is 0.633. The van der Waals surface area contributed by atoms with E-state index in [2.05, 4.69) is 17.2 Å². The topological polar surface area (TPSA) is 93.5 Å². The maximum atomic E-state index is 11.7. The first-order chi connectivity index (χ1) is 9.62. The molecule has 1 rings (SSSR count). The lowest BCUT2D eigenvalue weighted by Gasteiger charge is -2.13. The van der Waals surface area contributed by atoms with E-state index in [1.54, 1.807) is 30.3 Å². The normalized spacial score (nSPS) is 11.5. The molecule has 1 aromatic carbocycles. The summed E-state index contributed by atoms with van der Waals surface area (Å²) in [5, 5.41) is 5.33. The number of rotatable bonds is 7. The van der Waals surface area contributed by atoms with Gasteiger partial charge in [0, 0.05) is 31.5 Å². The number of carbonyl (C=O) groups is 2. The lowest BCUT2D eigenvalue weighted by Crippen LogP contribution is -2.35. The summed E-state index contributed by atoms with van der Waals surface area (Å²) in [6.07, 6.45) is 0.912. The SMILES string of the molecule is C=CCNC(=O)c1ccc(NC(=O)C(CN)OC)cc1. The van der Waals surface area contributed by atoms with Gasteiger partial charge in [0.15, 0.2) is 0 Å². The zero-order valence-electron chi connectivity index (χ0n) is 11.4. The summed E-state index contributed by atoms with van der Waals surface area (Å²) in [5.41, 5.74) is 6.48. The van der Waals surface area contributed by atoms with Crippen LogP contribution >= 0.6 is 0 Å². The van der Waals surface area contributed by atoms with Crippen molar-refractivity contribution in [3.63, 3.8) is 0 Å². The summed E-state index contributed by atoms with van der Waals surface area (Å²) in [7, 11) is 1.42. The molecule has 0 saturated carbocycles. The minimum Gasteiger partial charge on any atom is -0.370 e. The van der Waals surface area contributed by atoms with Crippen LogP contribution in [0.3, 0.4) is 0 Å². The fourth-order valence-electron chi connectivity index (χ4n) is 1.50. The standard InChI is InChI=1S/C14H19N3O3/c1-3-8-16-13(18)10-4-6-11(7-5-10)17-14(19)12(9-15)20-2/h3-7,12H,1,8-9,15H2,2H3,(H,16,18)(H,17,19). The number of nitrogens with one attached hydrogen (secondary N) is 2. The maximum Gasteiger partial charge on any atom is 0.254 e. The molecule has 0 aliphatic rings. The molecule has 4 N–H and O–H groups in total. The number of anilines is 1. The van der Waals surface area contributed by atoms with Gasteiger partial charge in [-0.1, -0.05) is 6.08 Å². The van der Waals surface area contributed by atoms with Crippen molar-refractivity contribution < 1.29 is 14.3 Å². The number of hydrogen-bond acceptors (Lipinski definition) is 4. The van der Waals surface area contributed by atoms with E-state index in [0.29, 0.717) is 17.8 Å². The van der Waals surface area contributed by atoms with E-state index in [0.717, 1.165) is 0 Å². The van der Waals surface area contributed by atoms with Crippen LogP contribution in [0.25, 0.3) is 0 Å². The number of carbonyl (C=O) groups excluding carboxylic acids is 2. The van der Waals surface area contributed by atoms with E-state index < -0.39 is 6.10 Å². The molecule has 0 bridgehead atoms. The van der Waals surface area contributed by atoms with Crippen LogP contribution < -0.4 is 16.4 Å². The fraction of sp³-hybridized carbons (Fsp3) is 0.286. The predicted octanol–water partition coefficient (Wildman–Crippen LogP) is 0.515. The third kappa shape index (κ3) is 4.49. The van der Waals surface area contributed by atoms with Crippen LogP contribution in [0.1, 0.15) is 10.4 Å². The van der Waals surface area contributed by atoms with Gasteiger partial charge in [-0.2, -0.15) is 0 Å². The lowest BCUT2D eigenvalue weighted by molar-refractivity contribution is -0.125. The van der Waals surface area contributed by atoms with Gasteiger partial charge in [0.25, 0.3) is 11.8 Å². The molecule has 1 aromatic rings. The van der Waals surface area contributed by atoms with Crippen molar-refractivity contribution >= 4 is 17.5 Å². The molecule has 6 heteroatoms. The number of nitrogens with two attached hydrogens (primary N) is 1. The minimum atomic E-state index is -0.689. The molecule has 1 atom stereocenters. The molecule has 20 heavy (non-hydrogen) atoms. The molecule has 0 heterocycles. The molecule has 0 aliphatic heterocycles. The van der Waals surface area contributed by atoms with Crippen LogP contribution in [0.5, 0.6) is 0 Å². The van der Waals surface area contributed by atoms with E-state index >= 15 is 0 Å². The molecule has 0 spiro atoms. The summed E-state index contributed by atoms with van der Waals surface area (Å²) in [5.74, 6) is -0.515. The Morgan fingerprint density at radius 3 is 2.55 bits per heavy atom. The molecule has 0 fully saturated rings. The van der Waals surface area contributed by atoms with E-state index in [9.17, 15) is 9.59 Å². The summed E-state index contributed by atoms with van der Waals surface area (Å²) < 4.78 is 4.93. The largest absolute Gasteiger partial charge is 0.370 e. The Morgan fingerprint density at radius 1 is 1.40 bits per heavy atom. The van der Waals surface area contributed by atoms with Gasteiger partial charge in [0.05, 0.1) is 0 Å². The van der Waals surface area contributed by atoms with Crippen molar-refractivity contribution in [1.29, 1.82) is 0 Å². The highest BCUT2D eigenvalue weighted by molar-refractivity contribution is 5.97. The third-order valence-corrected chi connectivity index (χ3v) is 2.61. The number of methoxy groups -OCH3 is 1. The van der Waals surface area contributed by atoms with Crippen LogP contribution in [0.2, 0.25) is 0 Å². The zero-order chi connectivity index (χ0) is 15.0. The maximum absolute atomic E-state index is 11.7. The van der Waals surface area contributed by atoms with E-state index in [4.69, 9.17) is 10.5 Å². The van der Waals surface area contributed by atoms with Crippen molar-refractivity contribution in [1.82, 2.24) is 5.32 Å². The van der Waals surface area contributed by atoms with Crippen molar-refractivity contribution in [3.8, 4) is 0 Å². The molecular formula is C14H19N3O3. The van der Waals surface area contributed by atoms with Crippen LogP contribution in [-0.4, -0.2) is 38.1 Å². The van der Waals surface area contributed by atoms with Crippen molar-refractivity contribution in [3.05, 3.63) is 42.5 Å². The van der Waals surface area contributed by atoms with Gasteiger partial charge in [-0.15, -0.1) is 6.58 Å². The van der Waals surface area contributed by atoms with Gasteiger partial charge < -0.3 is 21.1 Å². The van der Waals surface area contributed by atoms with Gasteiger partial charge >= 0.3 is 0 Å². The van der Waals surface area contributed by atoms with Crippen molar-refractivity contribution in [2.75, 3.05) is 25.5 Å². The molecule has 0 aliphatic carbocycles. The first kappa shape index (κ1) is 15.9. The average Bonchev–Trinajstić information content (AvgIpc) is 2.46. The average molecular weight is 277 g/mol. The Balaban J connectivity index is 2.64. The molecule has 0 aromatic heterocycles. The lowest BCUT2D eigenvalue weighted by atomic mass is 10.2. The van der Waals surface area contributed by atoms with Crippen LogP contribution in [0.15, 0.2) is 36.9 Å². The first-order valence-electron chi connectivity index (χ1n) is 6.15. The van der Waals surface area contributed by atoms with Gasteiger partial charge in [0.2, 0.25) is 0 Å². The highest BCUT2D eigenvalue weighted by atomic mass is 16.5. The third-order valence-electron chi connectivity index (χ3n) is 2.61. The Kier molecular flexibility index (Phi) is 6.42. The second-order valence-corrected chi connectivity index (χ2v) is 4.03. The molecule has 0 saturated heterocycles. The summed E-state index contributed by atoms with van der Waals surface area (Å²) in [6, 6.07) is 6.53. The second-order valence-electron chi connectivity index (χ2n) is 4.03. The van der Waals surface area contributed by atoms with E-state index in [-0.39, 0.29) is 18.4 Å². The number of ether oxygens (including phenoxy) is 1. The molecule has 1 unspecified atom stereocenters. The molecular weight excluding hydrogens is 258 g/mol. The van der Waals surface area contributed by atoms with Crippen molar-refractivity contribution in [2.24, 2.45) is 5.73 Å². The van der Waals surface area contributed by atoms with Crippen molar-refractivity contribution in [2.45, 2.75) is 6.10 Å². The summed E-state index contributed by atoms with van der Waals surface area (Å²) in [4.78, 5) is 23.4. The fourth-order valence-corrected chi connectivity index (χ4v) is 1.50. The molecule has 0 radical (unpaired) electrons. The van der Waals surface area contributed by atoms with Gasteiger partial charge in [-0.05, 0) is 24.3 Å². The minimum absolute atomic E-state index is 0.102. The van der Waals surface area contributed by atoms with Crippen LogP contribution in [-0.2, 0) is 9.53 Å². The summed E-state index contributed by atoms with van der Waals surface area (Å²) in [6.45, 7) is 4.03. The van der Waals surface area contributed by atoms with E-state index in [1.807, 2.05) is 0 Å². The monoisotopic (exact) mass is 277 g/mol. The Hall–Kier alpha value is -2.18. The highest BCUT2D eigenvalue weighted by Crippen LogP contribution is 2.10. The molecule has 6 nitrogen and oxygen atoms in total. The van der Waals surface area contributed by atoms with Crippen LogP contribution in [0.4, 0.5) is 5.69 Å². The van der Waals surface area contributed by atoms with Gasteiger partial charge in [0.1, 0.15) is 6.10 Å². The highest BCUT2D eigenvalue weighted by Gasteiger charge is 2.15. The summed E-state index contributed by atoms with van der Waals surface area (Å²) >= 11 is 0. The molecule has 108 valence electrons. The predicted molar refractivity (Wildman–Crippen MR) is 77.5 cm³/mol. The Bertz CT molecular complexity index is 467. The van der Waals surface area contributed by atoms with Crippen LogP contribution in [0, 0.1) is 0 Å². The zero-order valence-corrected chi connectivity index (χ0v) is 11.4. The Morgan fingerprint density at radius 2 is 2.05 bits per heavy atom. The van der Waals surface area contributed by atoms with E-state index in [1.165, 1.54) is 7.11 Å². The Labute approximate surface area is 118 Å². The first-order valence-corrected chi connectivity index (χ1v) is 6.15. The second kappa shape index (κ2) is 8.08. The number of benzene rings is 1. The smallest absolute Gasteiger partial charge is 0.254 e.